The molecule has 0 aromatic heterocycles. The molecule has 1 N–H and O–H groups in total. The van der Waals surface area contributed by atoms with Crippen LogP contribution in [0.3, 0.4) is 0 Å². The molecule has 2 heteroatoms. The van der Waals surface area contributed by atoms with Gasteiger partial charge in [0.1, 0.15) is 0 Å². The predicted molar refractivity (Wildman–Crippen MR) is 50.8 cm³/mol. The van der Waals surface area contributed by atoms with Gasteiger partial charge < -0.3 is 0 Å². The summed E-state index contributed by atoms with van der Waals surface area (Å²) >= 11 is 0. The Hall–Kier alpha value is -0.340. The van der Waals surface area contributed by atoms with Crippen molar-refractivity contribution >= 4 is 0 Å². The fourth-order valence-electron chi connectivity index (χ4n) is 1.50. The molecule has 0 radical (unpaired) electrons. The molecular weight excluding hydrogens is 150 g/mol. The molecule has 1 saturated carbocycles. The number of hydrogen-bond donors (Lipinski definition) is 1. The van der Waals surface area contributed by atoms with Gasteiger partial charge in [0.15, 0.2) is 0 Å². The molecule has 0 bridgehead atoms. The SMILES string of the molecule is C=CCCCNOC1CCCC1. The van der Waals surface area contributed by atoms with Crippen LogP contribution in [0.15, 0.2) is 12.7 Å². The summed E-state index contributed by atoms with van der Waals surface area (Å²) in [6, 6.07) is 0. The van der Waals surface area contributed by atoms with E-state index in [1.807, 2.05) is 6.08 Å². The minimum Gasteiger partial charge on any atom is -0.299 e. The average Bonchev–Trinajstić information content (AvgIpc) is 2.57. The minimum absolute atomic E-state index is 0.480. The van der Waals surface area contributed by atoms with E-state index in [9.17, 15) is 0 Å². The summed E-state index contributed by atoms with van der Waals surface area (Å²) in [5.41, 5.74) is 3.01. The van der Waals surface area contributed by atoms with Gasteiger partial charge in [-0.15, -0.1) is 6.58 Å². The van der Waals surface area contributed by atoms with E-state index in [0.29, 0.717) is 6.10 Å². The molecule has 1 rings (SSSR count). The van der Waals surface area contributed by atoms with Crippen LogP contribution in [0.1, 0.15) is 38.5 Å². The Morgan fingerprint density at radius 1 is 1.42 bits per heavy atom. The van der Waals surface area contributed by atoms with Crippen molar-refractivity contribution in [3.63, 3.8) is 0 Å². The minimum atomic E-state index is 0.480. The van der Waals surface area contributed by atoms with Crippen LogP contribution in [0.2, 0.25) is 0 Å². The molecular formula is C10H19NO. The van der Waals surface area contributed by atoms with E-state index >= 15 is 0 Å². The third kappa shape index (κ3) is 3.88. The molecule has 0 amide bonds. The van der Waals surface area contributed by atoms with E-state index in [2.05, 4.69) is 12.1 Å². The van der Waals surface area contributed by atoms with E-state index in [1.165, 1.54) is 25.7 Å². The van der Waals surface area contributed by atoms with Gasteiger partial charge in [0.25, 0.3) is 0 Å². The van der Waals surface area contributed by atoms with Crippen molar-refractivity contribution in [2.75, 3.05) is 6.54 Å². The second kappa shape index (κ2) is 6.21. The summed E-state index contributed by atoms with van der Waals surface area (Å²) in [7, 11) is 0. The molecule has 0 unspecified atom stereocenters. The zero-order valence-electron chi connectivity index (χ0n) is 7.72. The molecule has 1 fully saturated rings. The van der Waals surface area contributed by atoms with Gasteiger partial charge in [-0.2, -0.15) is 0 Å². The molecule has 0 aliphatic heterocycles. The lowest BCUT2D eigenvalue weighted by Crippen LogP contribution is -2.22. The monoisotopic (exact) mass is 169 g/mol. The first kappa shape index (κ1) is 9.75. The Balaban J connectivity index is 1.84. The zero-order chi connectivity index (χ0) is 8.65. The molecule has 0 aromatic carbocycles. The number of hydroxylamine groups is 1. The molecule has 12 heavy (non-hydrogen) atoms. The Morgan fingerprint density at radius 2 is 2.17 bits per heavy atom. The average molecular weight is 169 g/mol. The highest BCUT2D eigenvalue weighted by Gasteiger charge is 2.14. The highest BCUT2D eigenvalue weighted by molar-refractivity contribution is 4.67. The topological polar surface area (TPSA) is 21.3 Å². The van der Waals surface area contributed by atoms with Gasteiger partial charge in [0.2, 0.25) is 0 Å². The summed E-state index contributed by atoms with van der Waals surface area (Å²) in [5.74, 6) is 0. The van der Waals surface area contributed by atoms with Crippen molar-refractivity contribution in [2.45, 2.75) is 44.6 Å². The lowest BCUT2D eigenvalue weighted by molar-refractivity contribution is -0.0206. The van der Waals surface area contributed by atoms with Gasteiger partial charge in [-0.25, -0.2) is 5.48 Å². The normalized spacial score (nSPS) is 18.3. The third-order valence-corrected chi connectivity index (χ3v) is 2.24. The molecule has 1 aliphatic carbocycles. The van der Waals surface area contributed by atoms with E-state index in [1.54, 1.807) is 0 Å². The van der Waals surface area contributed by atoms with Crippen molar-refractivity contribution < 1.29 is 4.84 Å². The quantitative estimate of drug-likeness (QED) is 0.374. The van der Waals surface area contributed by atoms with Crippen LogP contribution in [0.25, 0.3) is 0 Å². The first-order chi connectivity index (χ1) is 5.93. The summed E-state index contributed by atoms with van der Waals surface area (Å²) in [6.07, 6.45) is 9.74. The van der Waals surface area contributed by atoms with Gasteiger partial charge in [0.05, 0.1) is 6.10 Å². The summed E-state index contributed by atoms with van der Waals surface area (Å²) in [6.45, 7) is 4.61. The number of unbranched alkanes of at least 4 members (excludes halogenated alkanes) is 1. The van der Waals surface area contributed by atoms with Crippen LogP contribution in [-0.4, -0.2) is 12.6 Å². The standard InChI is InChI=1S/C10H19NO/c1-2-3-6-9-11-12-10-7-4-5-8-10/h2,10-11H,1,3-9H2. The van der Waals surface area contributed by atoms with Crippen LogP contribution >= 0.6 is 0 Å². The fraction of sp³-hybridized carbons (Fsp3) is 0.800. The Kier molecular flexibility index (Phi) is 5.04. The molecule has 1 aliphatic rings. The Labute approximate surface area is 74.9 Å². The van der Waals surface area contributed by atoms with Gasteiger partial charge in [-0.3, -0.25) is 4.84 Å². The maximum atomic E-state index is 5.47. The van der Waals surface area contributed by atoms with Crippen LogP contribution < -0.4 is 5.48 Å². The molecule has 0 atom stereocenters. The zero-order valence-corrected chi connectivity index (χ0v) is 7.72. The van der Waals surface area contributed by atoms with Crippen molar-refractivity contribution in [1.29, 1.82) is 0 Å². The highest BCUT2D eigenvalue weighted by Crippen LogP contribution is 2.19. The molecule has 0 spiro atoms. The second-order valence-electron chi connectivity index (χ2n) is 3.35. The summed E-state index contributed by atoms with van der Waals surface area (Å²) in [5, 5.41) is 0. The highest BCUT2D eigenvalue weighted by atomic mass is 16.7. The van der Waals surface area contributed by atoms with Crippen LogP contribution in [0.5, 0.6) is 0 Å². The Morgan fingerprint density at radius 3 is 2.83 bits per heavy atom. The second-order valence-corrected chi connectivity index (χ2v) is 3.35. The molecule has 70 valence electrons. The fourth-order valence-corrected chi connectivity index (χ4v) is 1.50. The lowest BCUT2D eigenvalue weighted by Gasteiger charge is -2.10. The number of hydrogen-bond acceptors (Lipinski definition) is 2. The summed E-state index contributed by atoms with van der Waals surface area (Å²) < 4.78 is 0. The van der Waals surface area contributed by atoms with Crippen LogP contribution in [-0.2, 0) is 4.84 Å². The first-order valence-electron chi connectivity index (χ1n) is 4.93. The van der Waals surface area contributed by atoms with Crippen LogP contribution in [0.4, 0.5) is 0 Å². The lowest BCUT2D eigenvalue weighted by atomic mass is 10.3. The largest absolute Gasteiger partial charge is 0.299 e. The van der Waals surface area contributed by atoms with Gasteiger partial charge in [-0.1, -0.05) is 18.9 Å². The summed E-state index contributed by atoms with van der Waals surface area (Å²) in [4.78, 5) is 5.47. The third-order valence-electron chi connectivity index (χ3n) is 2.24. The smallest absolute Gasteiger partial charge is 0.0790 e. The number of allylic oxidation sites excluding steroid dienone is 1. The van der Waals surface area contributed by atoms with Gasteiger partial charge in [-0.05, 0) is 25.7 Å². The predicted octanol–water partition coefficient (Wildman–Crippen LogP) is 2.42. The van der Waals surface area contributed by atoms with Gasteiger partial charge >= 0.3 is 0 Å². The van der Waals surface area contributed by atoms with E-state index < -0.39 is 0 Å². The number of nitrogens with one attached hydrogen (secondary N) is 1. The molecule has 0 heterocycles. The van der Waals surface area contributed by atoms with Crippen LogP contribution in [0, 0.1) is 0 Å². The maximum Gasteiger partial charge on any atom is 0.0790 e. The number of rotatable bonds is 6. The van der Waals surface area contributed by atoms with Crippen molar-refractivity contribution in [1.82, 2.24) is 5.48 Å². The van der Waals surface area contributed by atoms with Gasteiger partial charge in [0, 0.05) is 6.54 Å². The van der Waals surface area contributed by atoms with Crippen molar-refractivity contribution in [3.05, 3.63) is 12.7 Å². The first-order valence-corrected chi connectivity index (χ1v) is 4.93. The van der Waals surface area contributed by atoms with Crippen molar-refractivity contribution in [3.8, 4) is 0 Å². The molecule has 2 nitrogen and oxygen atoms in total. The Bertz CT molecular complexity index is 119. The molecule has 0 saturated heterocycles. The molecule has 0 aromatic rings. The van der Waals surface area contributed by atoms with E-state index in [4.69, 9.17) is 4.84 Å². The van der Waals surface area contributed by atoms with E-state index in [0.717, 1.165) is 19.4 Å². The maximum absolute atomic E-state index is 5.47. The van der Waals surface area contributed by atoms with E-state index in [-0.39, 0.29) is 0 Å². The van der Waals surface area contributed by atoms with Crippen molar-refractivity contribution in [2.24, 2.45) is 0 Å².